The van der Waals surface area contributed by atoms with Crippen molar-refractivity contribution in [2.24, 2.45) is 11.5 Å². The van der Waals surface area contributed by atoms with Gasteiger partial charge in [0.25, 0.3) is 0 Å². The van der Waals surface area contributed by atoms with E-state index in [1.807, 2.05) is 72.8 Å². The number of thioether (sulfide) groups is 2. The van der Waals surface area contributed by atoms with Crippen LogP contribution in [0.4, 0.5) is 0 Å². The smallest absolute Gasteiger partial charge is 0.321 e. The maximum absolute atomic E-state index is 12.1. The highest BCUT2D eigenvalue weighted by atomic mass is 32.2. The van der Waals surface area contributed by atoms with E-state index in [1.165, 1.54) is 0 Å². The standard InChI is InChI=1S/2C14H13NO3S.H2O/c2*15-12(13(16)17)8-19-14(18)11-7-3-5-9-4-1-2-6-10(9)11;/h2*1-7,12H,8,15H2,(H,16,17);1H2. The summed E-state index contributed by atoms with van der Waals surface area (Å²) in [6.45, 7) is 0. The molecule has 0 aliphatic rings. The maximum atomic E-state index is 12.1. The quantitative estimate of drug-likeness (QED) is 0.245. The molecule has 4 aromatic rings. The van der Waals surface area contributed by atoms with Gasteiger partial charge in [0.15, 0.2) is 0 Å². The van der Waals surface area contributed by atoms with Gasteiger partial charge >= 0.3 is 11.9 Å². The maximum Gasteiger partial charge on any atom is 0.321 e. The Labute approximate surface area is 232 Å². The third-order valence-electron chi connectivity index (χ3n) is 5.44. The Bertz CT molecular complexity index is 1360. The van der Waals surface area contributed by atoms with Gasteiger partial charge < -0.3 is 27.2 Å². The molecular weight excluding hydrogens is 540 g/mol. The Morgan fingerprint density at radius 1 is 0.590 bits per heavy atom. The lowest BCUT2D eigenvalue weighted by Crippen LogP contribution is -2.32. The minimum Gasteiger partial charge on any atom is -0.480 e. The predicted octanol–water partition coefficient (Wildman–Crippen LogP) is 3.43. The lowest BCUT2D eigenvalue weighted by atomic mass is 10.1. The van der Waals surface area contributed by atoms with Crippen LogP contribution in [-0.4, -0.2) is 61.4 Å². The minimum absolute atomic E-state index is 0. The van der Waals surface area contributed by atoms with Gasteiger partial charge in [0, 0.05) is 22.6 Å². The monoisotopic (exact) mass is 568 g/mol. The van der Waals surface area contributed by atoms with Crippen LogP contribution in [0.2, 0.25) is 0 Å². The molecule has 0 amide bonds. The second-order valence-electron chi connectivity index (χ2n) is 8.14. The molecule has 0 saturated carbocycles. The summed E-state index contributed by atoms with van der Waals surface area (Å²) in [4.78, 5) is 45.4. The minimum atomic E-state index is -1.10. The number of hydrogen-bond acceptors (Lipinski definition) is 8. The van der Waals surface area contributed by atoms with Gasteiger partial charge in [-0.25, -0.2) is 0 Å². The summed E-state index contributed by atoms with van der Waals surface area (Å²) in [7, 11) is 0. The van der Waals surface area contributed by atoms with E-state index in [4.69, 9.17) is 21.7 Å². The molecule has 0 aliphatic carbocycles. The van der Waals surface area contributed by atoms with Gasteiger partial charge in [-0.3, -0.25) is 19.2 Å². The van der Waals surface area contributed by atoms with Crippen LogP contribution < -0.4 is 11.5 Å². The zero-order valence-corrected chi connectivity index (χ0v) is 22.3. The molecule has 4 rings (SSSR count). The van der Waals surface area contributed by atoms with Crippen molar-refractivity contribution in [3.05, 3.63) is 96.1 Å². The molecule has 0 aromatic heterocycles. The molecule has 2 unspecified atom stereocenters. The average molecular weight is 569 g/mol. The van der Waals surface area contributed by atoms with Gasteiger partial charge in [0.05, 0.1) is 0 Å². The fourth-order valence-electron chi connectivity index (χ4n) is 3.44. The first kappa shape index (κ1) is 31.5. The number of hydrogen-bond donors (Lipinski definition) is 4. The third-order valence-corrected chi connectivity index (χ3v) is 7.46. The van der Waals surface area contributed by atoms with Crippen molar-refractivity contribution >= 4 is 67.2 Å². The van der Waals surface area contributed by atoms with Crippen molar-refractivity contribution in [1.29, 1.82) is 0 Å². The molecule has 0 radical (unpaired) electrons. The van der Waals surface area contributed by atoms with E-state index < -0.39 is 24.0 Å². The van der Waals surface area contributed by atoms with Crippen LogP contribution in [0.1, 0.15) is 20.7 Å². The summed E-state index contributed by atoms with van der Waals surface area (Å²) in [6.07, 6.45) is 0. The number of carboxylic acids is 2. The fraction of sp³-hybridized carbons (Fsp3) is 0.143. The summed E-state index contributed by atoms with van der Waals surface area (Å²) in [5.41, 5.74) is 11.9. The van der Waals surface area contributed by atoms with Crippen LogP contribution in [0.15, 0.2) is 84.9 Å². The summed E-state index contributed by atoms with van der Waals surface area (Å²) >= 11 is 1.87. The number of carbonyl (C=O) groups excluding carboxylic acids is 2. The van der Waals surface area contributed by atoms with E-state index in [0.29, 0.717) is 11.1 Å². The van der Waals surface area contributed by atoms with E-state index in [9.17, 15) is 19.2 Å². The van der Waals surface area contributed by atoms with E-state index in [1.54, 1.807) is 12.1 Å². The SMILES string of the molecule is NC(CSC(=O)c1cccc2ccccc12)C(=O)O.NC(CSC(=O)c1cccc2ccccc12)C(=O)O.O. The molecule has 9 nitrogen and oxygen atoms in total. The third kappa shape index (κ3) is 8.63. The molecule has 0 fully saturated rings. The molecule has 11 heteroatoms. The predicted molar refractivity (Wildman–Crippen MR) is 156 cm³/mol. The van der Waals surface area contributed by atoms with Crippen molar-refractivity contribution in [2.45, 2.75) is 12.1 Å². The van der Waals surface area contributed by atoms with E-state index in [0.717, 1.165) is 45.1 Å². The van der Waals surface area contributed by atoms with Gasteiger partial charge in [0.2, 0.25) is 10.2 Å². The largest absolute Gasteiger partial charge is 0.480 e. The van der Waals surface area contributed by atoms with Crippen molar-refractivity contribution in [3.63, 3.8) is 0 Å². The van der Waals surface area contributed by atoms with E-state index in [-0.39, 0.29) is 27.2 Å². The van der Waals surface area contributed by atoms with Crippen LogP contribution in [0.3, 0.4) is 0 Å². The lowest BCUT2D eigenvalue weighted by molar-refractivity contribution is -0.138. The molecule has 0 heterocycles. The van der Waals surface area contributed by atoms with E-state index >= 15 is 0 Å². The Hall–Kier alpha value is -3.74. The number of carboxylic acid groups (broad SMARTS) is 2. The number of rotatable bonds is 8. The molecule has 2 atom stereocenters. The molecule has 204 valence electrons. The number of aliphatic carboxylic acids is 2. The highest BCUT2D eigenvalue weighted by molar-refractivity contribution is 8.14. The molecular formula is C28H28N2O7S2. The Kier molecular flexibility index (Phi) is 12.1. The second-order valence-corrected chi connectivity index (χ2v) is 10.1. The molecule has 8 N–H and O–H groups in total. The molecule has 4 aromatic carbocycles. The summed E-state index contributed by atoms with van der Waals surface area (Å²) in [5.74, 6) is -2.06. The van der Waals surface area contributed by atoms with Crippen LogP contribution >= 0.6 is 23.5 Å². The van der Waals surface area contributed by atoms with Gasteiger partial charge in [-0.05, 0) is 33.7 Å². The Balaban J connectivity index is 0.000000267. The van der Waals surface area contributed by atoms with Gasteiger partial charge in [-0.2, -0.15) is 0 Å². The van der Waals surface area contributed by atoms with Crippen molar-refractivity contribution in [2.75, 3.05) is 11.5 Å². The first-order valence-corrected chi connectivity index (χ1v) is 13.4. The number of nitrogens with two attached hydrogens (primary N) is 2. The lowest BCUT2D eigenvalue weighted by Gasteiger charge is -2.07. The second kappa shape index (κ2) is 15.0. The zero-order valence-electron chi connectivity index (χ0n) is 20.7. The van der Waals surface area contributed by atoms with Crippen molar-refractivity contribution in [3.8, 4) is 0 Å². The Morgan fingerprint density at radius 3 is 1.28 bits per heavy atom. The number of carbonyl (C=O) groups is 4. The van der Waals surface area contributed by atoms with E-state index in [2.05, 4.69) is 0 Å². The number of benzene rings is 4. The first-order chi connectivity index (χ1) is 18.2. The molecule has 0 saturated heterocycles. The molecule has 0 aliphatic heterocycles. The topological polar surface area (TPSA) is 192 Å². The highest BCUT2D eigenvalue weighted by Gasteiger charge is 2.17. The highest BCUT2D eigenvalue weighted by Crippen LogP contribution is 2.24. The average Bonchev–Trinajstić information content (AvgIpc) is 2.93. The summed E-state index contributed by atoms with van der Waals surface area (Å²) in [6, 6.07) is 24.1. The normalized spacial score (nSPS) is 11.9. The molecule has 0 bridgehead atoms. The van der Waals surface area contributed by atoms with Crippen molar-refractivity contribution < 1.29 is 34.9 Å². The molecule has 0 spiro atoms. The zero-order chi connectivity index (χ0) is 27.7. The summed E-state index contributed by atoms with van der Waals surface area (Å²) < 4.78 is 0. The Morgan fingerprint density at radius 2 is 0.923 bits per heavy atom. The van der Waals surface area contributed by atoms with Crippen molar-refractivity contribution in [1.82, 2.24) is 0 Å². The fourth-order valence-corrected chi connectivity index (χ4v) is 5.05. The van der Waals surface area contributed by atoms with Crippen LogP contribution in [0, 0.1) is 0 Å². The van der Waals surface area contributed by atoms with Crippen LogP contribution in [-0.2, 0) is 9.59 Å². The molecule has 39 heavy (non-hydrogen) atoms. The van der Waals surface area contributed by atoms with Crippen LogP contribution in [0.25, 0.3) is 21.5 Å². The van der Waals surface area contributed by atoms with Gasteiger partial charge in [0.1, 0.15) is 12.1 Å². The first-order valence-electron chi connectivity index (χ1n) is 11.5. The summed E-state index contributed by atoms with van der Waals surface area (Å²) in [5, 5.41) is 20.8. The van der Waals surface area contributed by atoms with Gasteiger partial charge in [-0.1, -0.05) is 96.3 Å². The van der Waals surface area contributed by atoms with Gasteiger partial charge in [-0.15, -0.1) is 0 Å². The van der Waals surface area contributed by atoms with Crippen LogP contribution in [0.5, 0.6) is 0 Å². The number of fused-ring (bicyclic) bond motifs is 2.